The molecule has 1 aromatic rings. The molecule has 136 valence electrons. The minimum Gasteiger partial charge on any atom is -0.342 e. The summed E-state index contributed by atoms with van der Waals surface area (Å²) >= 11 is 1.68. The van der Waals surface area contributed by atoms with Crippen molar-refractivity contribution < 1.29 is 9.59 Å². The van der Waals surface area contributed by atoms with Crippen molar-refractivity contribution in [2.24, 2.45) is 11.3 Å². The summed E-state index contributed by atoms with van der Waals surface area (Å²) in [7, 11) is 0. The molecule has 4 nitrogen and oxygen atoms in total. The van der Waals surface area contributed by atoms with E-state index < -0.39 is 0 Å². The largest absolute Gasteiger partial charge is 0.342 e. The number of nitrogens with zero attached hydrogens (tertiary/aromatic N) is 2. The van der Waals surface area contributed by atoms with E-state index in [0.717, 1.165) is 51.2 Å². The van der Waals surface area contributed by atoms with Gasteiger partial charge in [0.1, 0.15) is 0 Å². The van der Waals surface area contributed by atoms with E-state index in [-0.39, 0.29) is 11.3 Å². The zero-order valence-corrected chi connectivity index (χ0v) is 15.7. The van der Waals surface area contributed by atoms with Gasteiger partial charge in [-0.2, -0.15) is 11.3 Å². The van der Waals surface area contributed by atoms with Gasteiger partial charge in [-0.05, 0) is 66.8 Å². The Morgan fingerprint density at radius 1 is 1.24 bits per heavy atom. The zero-order valence-electron chi connectivity index (χ0n) is 14.9. The number of piperidine rings is 1. The first kappa shape index (κ1) is 17.1. The fraction of sp³-hybridized carbons (Fsp3) is 0.700. The van der Waals surface area contributed by atoms with Crippen LogP contribution in [0.25, 0.3) is 0 Å². The highest BCUT2D eigenvalue weighted by Gasteiger charge is 2.49. The molecule has 1 spiro atoms. The van der Waals surface area contributed by atoms with Crippen LogP contribution in [0.5, 0.6) is 0 Å². The molecular formula is C20H28N2O2S. The topological polar surface area (TPSA) is 40.6 Å². The second-order valence-corrected chi connectivity index (χ2v) is 8.91. The lowest BCUT2D eigenvalue weighted by atomic mass is 9.77. The van der Waals surface area contributed by atoms with Gasteiger partial charge in [0.25, 0.3) is 0 Å². The molecule has 1 aromatic heterocycles. The molecule has 25 heavy (non-hydrogen) atoms. The highest BCUT2D eigenvalue weighted by Crippen LogP contribution is 2.41. The predicted molar refractivity (Wildman–Crippen MR) is 99.4 cm³/mol. The van der Waals surface area contributed by atoms with Gasteiger partial charge >= 0.3 is 0 Å². The molecule has 3 aliphatic rings. The number of amides is 2. The van der Waals surface area contributed by atoms with E-state index in [4.69, 9.17) is 0 Å². The summed E-state index contributed by atoms with van der Waals surface area (Å²) in [6.45, 7) is 3.27. The molecule has 2 amide bonds. The predicted octanol–water partition coefficient (Wildman–Crippen LogP) is 3.32. The van der Waals surface area contributed by atoms with Crippen molar-refractivity contribution in [3.8, 4) is 0 Å². The Morgan fingerprint density at radius 2 is 2.12 bits per heavy atom. The van der Waals surface area contributed by atoms with Crippen molar-refractivity contribution in [2.45, 2.75) is 51.4 Å². The van der Waals surface area contributed by atoms with Crippen LogP contribution in [-0.2, 0) is 16.0 Å². The molecule has 0 bridgehead atoms. The van der Waals surface area contributed by atoms with Gasteiger partial charge in [0.05, 0.1) is 5.41 Å². The maximum atomic E-state index is 13.1. The van der Waals surface area contributed by atoms with Crippen molar-refractivity contribution in [1.29, 1.82) is 0 Å². The van der Waals surface area contributed by atoms with Crippen molar-refractivity contribution in [1.82, 2.24) is 9.80 Å². The first-order valence-electron chi connectivity index (χ1n) is 9.74. The van der Waals surface area contributed by atoms with Crippen LogP contribution in [0.3, 0.4) is 0 Å². The first-order chi connectivity index (χ1) is 12.2. The molecule has 3 heterocycles. The molecular weight excluding hydrogens is 332 g/mol. The van der Waals surface area contributed by atoms with Gasteiger partial charge in [0.2, 0.25) is 11.8 Å². The van der Waals surface area contributed by atoms with Crippen LogP contribution in [0.15, 0.2) is 16.8 Å². The van der Waals surface area contributed by atoms with Crippen LogP contribution < -0.4 is 0 Å². The van der Waals surface area contributed by atoms with Crippen LogP contribution in [-0.4, -0.2) is 47.8 Å². The number of carbonyl (C=O) groups excluding carboxylic acids is 2. The van der Waals surface area contributed by atoms with E-state index in [2.05, 4.69) is 21.7 Å². The van der Waals surface area contributed by atoms with Crippen molar-refractivity contribution in [2.75, 3.05) is 26.2 Å². The summed E-state index contributed by atoms with van der Waals surface area (Å²) in [6, 6.07) is 2.09. The number of thiophene rings is 1. The van der Waals surface area contributed by atoms with Crippen LogP contribution in [0.4, 0.5) is 0 Å². The second kappa shape index (κ2) is 7.10. The molecule has 1 atom stereocenters. The Labute approximate surface area is 154 Å². The average molecular weight is 361 g/mol. The van der Waals surface area contributed by atoms with Crippen molar-refractivity contribution in [3.05, 3.63) is 22.4 Å². The standard InChI is InChI=1S/C20H28N2O2S/c23-18(6-5-17-7-12-25-14-17)22-11-9-20(15-22)8-2-10-21(19(20)24)13-16-3-1-4-16/h7,12,14,16H,1-6,8-11,13,15H2. The second-order valence-electron chi connectivity index (χ2n) is 8.13. The van der Waals surface area contributed by atoms with E-state index in [9.17, 15) is 9.59 Å². The number of aryl methyl sites for hydroxylation is 1. The Morgan fingerprint density at radius 3 is 2.84 bits per heavy atom. The third kappa shape index (κ3) is 3.48. The summed E-state index contributed by atoms with van der Waals surface area (Å²) in [5, 5.41) is 4.17. The number of rotatable bonds is 5. The maximum Gasteiger partial charge on any atom is 0.230 e. The third-order valence-electron chi connectivity index (χ3n) is 6.44. The molecule has 5 heteroatoms. The van der Waals surface area contributed by atoms with E-state index in [1.165, 1.54) is 24.8 Å². The Balaban J connectivity index is 1.34. The number of likely N-dealkylation sites (tertiary alicyclic amines) is 2. The van der Waals surface area contributed by atoms with Gasteiger partial charge in [0, 0.05) is 32.6 Å². The molecule has 2 aliphatic heterocycles. The molecule has 1 unspecified atom stereocenters. The average Bonchev–Trinajstić information content (AvgIpc) is 3.23. The summed E-state index contributed by atoms with van der Waals surface area (Å²) in [5.74, 6) is 1.27. The van der Waals surface area contributed by atoms with Gasteiger partial charge in [0.15, 0.2) is 0 Å². The molecule has 0 N–H and O–H groups in total. The summed E-state index contributed by atoms with van der Waals surface area (Å²) in [6.07, 6.45) is 8.17. The Bertz CT molecular complexity index is 626. The summed E-state index contributed by atoms with van der Waals surface area (Å²) in [4.78, 5) is 29.8. The summed E-state index contributed by atoms with van der Waals surface area (Å²) < 4.78 is 0. The lowest BCUT2D eigenvalue weighted by Crippen LogP contribution is -2.52. The van der Waals surface area contributed by atoms with Gasteiger partial charge in [-0.25, -0.2) is 0 Å². The molecule has 0 radical (unpaired) electrons. The molecule has 4 rings (SSSR count). The SMILES string of the molecule is O=C(CCc1ccsc1)N1CCC2(CCCN(CC3CCC3)C2=O)C1. The van der Waals surface area contributed by atoms with Gasteiger partial charge in [-0.1, -0.05) is 6.42 Å². The zero-order chi connectivity index (χ0) is 17.3. The third-order valence-corrected chi connectivity index (χ3v) is 7.17. The van der Waals surface area contributed by atoms with Crippen molar-refractivity contribution in [3.63, 3.8) is 0 Å². The smallest absolute Gasteiger partial charge is 0.230 e. The Kier molecular flexibility index (Phi) is 4.85. The minimum atomic E-state index is -0.278. The minimum absolute atomic E-state index is 0.215. The highest BCUT2D eigenvalue weighted by molar-refractivity contribution is 7.07. The van der Waals surface area contributed by atoms with Crippen LogP contribution in [0.1, 0.15) is 50.5 Å². The number of hydrogen-bond donors (Lipinski definition) is 0. The normalized spacial score (nSPS) is 27.1. The highest BCUT2D eigenvalue weighted by atomic mass is 32.1. The maximum absolute atomic E-state index is 13.1. The number of carbonyl (C=O) groups is 2. The lowest BCUT2D eigenvalue weighted by Gasteiger charge is -2.42. The summed E-state index contributed by atoms with van der Waals surface area (Å²) in [5.41, 5.74) is 0.965. The molecule has 3 fully saturated rings. The monoisotopic (exact) mass is 360 g/mol. The molecule has 1 aliphatic carbocycles. The molecule has 1 saturated carbocycles. The lowest BCUT2D eigenvalue weighted by molar-refractivity contribution is -0.147. The van der Waals surface area contributed by atoms with E-state index in [1.807, 2.05) is 4.90 Å². The Hall–Kier alpha value is -1.36. The van der Waals surface area contributed by atoms with E-state index in [1.54, 1.807) is 11.3 Å². The first-order valence-corrected chi connectivity index (χ1v) is 10.7. The van der Waals surface area contributed by atoms with E-state index >= 15 is 0 Å². The van der Waals surface area contributed by atoms with Crippen molar-refractivity contribution >= 4 is 23.2 Å². The fourth-order valence-electron chi connectivity index (χ4n) is 4.62. The number of hydrogen-bond acceptors (Lipinski definition) is 3. The van der Waals surface area contributed by atoms with Gasteiger partial charge < -0.3 is 9.80 Å². The van der Waals surface area contributed by atoms with Gasteiger partial charge in [-0.15, -0.1) is 0 Å². The molecule has 0 aromatic carbocycles. The molecule has 2 saturated heterocycles. The fourth-order valence-corrected chi connectivity index (χ4v) is 5.32. The van der Waals surface area contributed by atoms with Crippen LogP contribution in [0, 0.1) is 11.3 Å². The van der Waals surface area contributed by atoms with Gasteiger partial charge in [-0.3, -0.25) is 9.59 Å². The van der Waals surface area contributed by atoms with Crippen LogP contribution in [0.2, 0.25) is 0 Å². The van der Waals surface area contributed by atoms with E-state index in [0.29, 0.717) is 18.9 Å². The quantitative estimate of drug-likeness (QED) is 0.808. The van der Waals surface area contributed by atoms with Crippen LogP contribution >= 0.6 is 11.3 Å².